The van der Waals surface area contributed by atoms with Gasteiger partial charge in [0.05, 0.1) is 31.4 Å². The highest BCUT2D eigenvalue weighted by molar-refractivity contribution is 6.12. The average molecular weight is 383 g/mol. The number of carbonyl (C=O) groups excluding carboxylic acids is 3. The van der Waals surface area contributed by atoms with E-state index >= 15 is 0 Å². The number of Topliss-reactive ketones (excluding diaryl/α,β-unsaturated/α-hetero) is 1. The Kier molecular flexibility index (Phi) is 5.63. The van der Waals surface area contributed by atoms with Crippen molar-refractivity contribution in [2.24, 2.45) is 0 Å². The molecule has 2 aromatic carbocycles. The van der Waals surface area contributed by atoms with Crippen molar-refractivity contribution in [3.63, 3.8) is 0 Å². The molecule has 0 saturated carbocycles. The highest BCUT2D eigenvalue weighted by Crippen LogP contribution is 2.28. The van der Waals surface area contributed by atoms with Gasteiger partial charge in [0.2, 0.25) is 0 Å². The van der Waals surface area contributed by atoms with Gasteiger partial charge in [0.15, 0.2) is 11.9 Å². The van der Waals surface area contributed by atoms with Crippen LogP contribution >= 0.6 is 0 Å². The van der Waals surface area contributed by atoms with Crippen molar-refractivity contribution in [3.8, 4) is 17.2 Å². The predicted octanol–water partition coefficient (Wildman–Crippen LogP) is 2.73. The Morgan fingerprint density at radius 2 is 1.93 bits per heavy atom. The van der Waals surface area contributed by atoms with Crippen LogP contribution in [0.5, 0.6) is 17.2 Å². The lowest BCUT2D eigenvalue weighted by Gasteiger charge is -2.20. The largest absolute Gasteiger partial charge is 0.497 e. The van der Waals surface area contributed by atoms with E-state index < -0.39 is 30.2 Å². The maximum absolute atomic E-state index is 12.9. The number of ether oxygens (including phenoxy) is 3. The number of hydrogen-bond acceptors (Lipinski definition) is 6. The Balaban J connectivity index is 1.93. The maximum Gasteiger partial charge on any atom is 0.270 e. The molecule has 7 heteroatoms. The summed E-state index contributed by atoms with van der Waals surface area (Å²) in [6.45, 7) is 3.29. The van der Waals surface area contributed by atoms with E-state index in [0.29, 0.717) is 23.9 Å². The van der Waals surface area contributed by atoms with Crippen LogP contribution in [0.1, 0.15) is 34.6 Å². The lowest BCUT2D eigenvalue weighted by Crippen LogP contribution is -2.44. The number of imide groups is 1. The second-order valence-corrected chi connectivity index (χ2v) is 6.20. The Bertz CT molecular complexity index is 923. The van der Waals surface area contributed by atoms with Crippen LogP contribution in [0.25, 0.3) is 0 Å². The molecule has 7 nitrogen and oxygen atoms in total. The summed E-state index contributed by atoms with van der Waals surface area (Å²) in [5, 5.41) is 0. The second-order valence-electron chi connectivity index (χ2n) is 6.20. The van der Waals surface area contributed by atoms with Crippen molar-refractivity contribution >= 4 is 17.6 Å². The number of para-hydroxylation sites is 1. The smallest absolute Gasteiger partial charge is 0.270 e. The third kappa shape index (κ3) is 3.69. The summed E-state index contributed by atoms with van der Waals surface area (Å²) in [6.07, 6.45) is -0.886. The first-order chi connectivity index (χ1) is 13.5. The molecule has 0 bridgehead atoms. The predicted molar refractivity (Wildman–Crippen MR) is 101 cm³/mol. The minimum Gasteiger partial charge on any atom is -0.497 e. The lowest BCUT2D eigenvalue weighted by molar-refractivity contribution is -0.134. The molecule has 0 aromatic heterocycles. The highest BCUT2D eigenvalue weighted by atomic mass is 16.5. The molecule has 0 saturated heterocycles. The minimum atomic E-state index is -0.886. The van der Waals surface area contributed by atoms with Gasteiger partial charge < -0.3 is 14.2 Å². The zero-order valence-corrected chi connectivity index (χ0v) is 15.9. The SMILES string of the molecule is CCOc1cc(OC)ccc1C(=O)CN1C(=O)c2ccccc2OC(C)C1=O. The van der Waals surface area contributed by atoms with E-state index in [0.717, 1.165) is 4.90 Å². The summed E-state index contributed by atoms with van der Waals surface area (Å²) in [6, 6.07) is 11.4. The lowest BCUT2D eigenvalue weighted by atomic mass is 10.1. The van der Waals surface area contributed by atoms with Crippen molar-refractivity contribution in [1.82, 2.24) is 4.90 Å². The van der Waals surface area contributed by atoms with E-state index in [9.17, 15) is 14.4 Å². The van der Waals surface area contributed by atoms with E-state index in [2.05, 4.69) is 0 Å². The summed E-state index contributed by atoms with van der Waals surface area (Å²) >= 11 is 0. The maximum atomic E-state index is 12.9. The first-order valence-electron chi connectivity index (χ1n) is 8.91. The van der Waals surface area contributed by atoms with Crippen LogP contribution in [0, 0.1) is 0 Å². The molecule has 0 fully saturated rings. The standard InChI is InChI=1S/C21H21NO6/c1-4-27-19-11-14(26-3)9-10-15(19)17(23)12-22-20(24)13(2)28-18-8-6-5-7-16(18)21(22)25/h5-11,13H,4,12H2,1-3H3. The van der Waals surface area contributed by atoms with Crippen LogP contribution in [-0.4, -0.2) is 48.9 Å². The van der Waals surface area contributed by atoms with Gasteiger partial charge >= 0.3 is 0 Å². The van der Waals surface area contributed by atoms with Gasteiger partial charge in [-0.05, 0) is 38.1 Å². The monoisotopic (exact) mass is 383 g/mol. The molecule has 146 valence electrons. The molecule has 1 unspecified atom stereocenters. The normalized spacial score (nSPS) is 16.1. The Morgan fingerprint density at radius 1 is 1.18 bits per heavy atom. The number of benzene rings is 2. The first kappa shape index (κ1) is 19.4. The van der Waals surface area contributed by atoms with Crippen molar-refractivity contribution in [2.75, 3.05) is 20.3 Å². The molecular formula is C21H21NO6. The van der Waals surface area contributed by atoms with Crippen molar-refractivity contribution < 1.29 is 28.6 Å². The number of methoxy groups -OCH3 is 1. The van der Waals surface area contributed by atoms with Gasteiger partial charge in [0, 0.05) is 6.07 Å². The number of hydrogen-bond donors (Lipinski definition) is 0. The molecule has 1 atom stereocenters. The highest BCUT2D eigenvalue weighted by Gasteiger charge is 2.35. The van der Waals surface area contributed by atoms with Crippen LogP contribution in [-0.2, 0) is 4.79 Å². The van der Waals surface area contributed by atoms with Crippen LogP contribution in [0.3, 0.4) is 0 Å². The number of carbonyl (C=O) groups is 3. The molecule has 1 heterocycles. The van der Waals surface area contributed by atoms with Gasteiger partial charge in [0.1, 0.15) is 17.2 Å². The van der Waals surface area contributed by atoms with Gasteiger partial charge in [-0.15, -0.1) is 0 Å². The molecule has 0 aliphatic carbocycles. The van der Waals surface area contributed by atoms with Crippen LogP contribution < -0.4 is 14.2 Å². The Hall–Kier alpha value is -3.35. The van der Waals surface area contributed by atoms with Gasteiger partial charge in [-0.3, -0.25) is 19.3 Å². The summed E-state index contributed by atoms with van der Waals surface area (Å²) in [5.41, 5.74) is 0.516. The molecule has 0 spiro atoms. The molecule has 1 aliphatic rings. The topological polar surface area (TPSA) is 82.1 Å². The average Bonchev–Trinajstić information content (AvgIpc) is 2.79. The van der Waals surface area contributed by atoms with E-state index in [-0.39, 0.29) is 11.1 Å². The summed E-state index contributed by atoms with van der Waals surface area (Å²) < 4.78 is 16.3. The molecule has 2 amide bonds. The summed E-state index contributed by atoms with van der Waals surface area (Å²) in [4.78, 5) is 39.4. The van der Waals surface area contributed by atoms with Crippen LogP contribution in [0.4, 0.5) is 0 Å². The first-order valence-corrected chi connectivity index (χ1v) is 8.91. The van der Waals surface area contributed by atoms with Crippen molar-refractivity contribution in [2.45, 2.75) is 20.0 Å². The third-order valence-corrected chi connectivity index (χ3v) is 4.37. The molecule has 1 aliphatic heterocycles. The summed E-state index contributed by atoms with van der Waals surface area (Å²) in [7, 11) is 1.51. The quantitative estimate of drug-likeness (QED) is 0.564. The fraction of sp³-hybridized carbons (Fsp3) is 0.286. The number of amides is 2. The third-order valence-electron chi connectivity index (χ3n) is 4.37. The minimum absolute atomic E-state index is 0.243. The summed E-state index contributed by atoms with van der Waals surface area (Å²) in [5.74, 6) is -0.350. The number of nitrogens with zero attached hydrogens (tertiary/aromatic N) is 1. The van der Waals surface area contributed by atoms with E-state index in [1.54, 1.807) is 56.3 Å². The molecule has 28 heavy (non-hydrogen) atoms. The van der Waals surface area contributed by atoms with E-state index in [1.807, 2.05) is 0 Å². The molecule has 0 radical (unpaired) electrons. The van der Waals surface area contributed by atoms with Gasteiger partial charge in [0.25, 0.3) is 11.8 Å². The zero-order valence-electron chi connectivity index (χ0n) is 15.9. The fourth-order valence-corrected chi connectivity index (χ4v) is 2.97. The molecule has 3 rings (SSSR count). The van der Waals surface area contributed by atoms with E-state index in [1.165, 1.54) is 7.11 Å². The van der Waals surface area contributed by atoms with Gasteiger partial charge in [-0.25, -0.2) is 0 Å². The van der Waals surface area contributed by atoms with Crippen molar-refractivity contribution in [1.29, 1.82) is 0 Å². The Morgan fingerprint density at radius 3 is 2.64 bits per heavy atom. The van der Waals surface area contributed by atoms with Crippen LogP contribution in [0.15, 0.2) is 42.5 Å². The van der Waals surface area contributed by atoms with Crippen molar-refractivity contribution in [3.05, 3.63) is 53.6 Å². The van der Waals surface area contributed by atoms with Gasteiger partial charge in [-0.1, -0.05) is 12.1 Å². The number of fused-ring (bicyclic) bond motifs is 1. The number of ketones is 1. The Labute approximate surface area is 162 Å². The number of rotatable bonds is 6. The zero-order chi connectivity index (χ0) is 20.3. The fourth-order valence-electron chi connectivity index (χ4n) is 2.97. The van der Waals surface area contributed by atoms with Crippen LogP contribution in [0.2, 0.25) is 0 Å². The molecular weight excluding hydrogens is 362 g/mol. The van der Waals surface area contributed by atoms with Gasteiger partial charge in [-0.2, -0.15) is 0 Å². The van der Waals surface area contributed by atoms with E-state index in [4.69, 9.17) is 14.2 Å². The molecule has 2 aromatic rings. The second kappa shape index (κ2) is 8.12. The molecule has 0 N–H and O–H groups in total.